The highest BCUT2D eigenvalue weighted by atomic mass is 19.4. The van der Waals surface area contributed by atoms with E-state index in [2.05, 4.69) is 5.32 Å². The molecule has 1 N–H and O–H groups in total. The van der Waals surface area contributed by atoms with E-state index in [0.29, 0.717) is 44.1 Å². The van der Waals surface area contributed by atoms with E-state index in [4.69, 9.17) is 9.47 Å². The van der Waals surface area contributed by atoms with Crippen molar-refractivity contribution in [2.45, 2.75) is 25.1 Å². The Morgan fingerprint density at radius 1 is 1.10 bits per heavy atom. The number of hydrogen-bond acceptors (Lipinski definition) is 4. The summed E-state index contributed by atoms with van der Waals surface area (Å²) in [6.45, 7) is 1.38. The number of hydrogen-bond donors (Lipinski definition) is 1. The molecular weight excluding hydrogens is 413 g/mol. The van der Waals surface area contributed by atoms with Crippen molar-refractivity contribution in [1.29, 1.82) is 0 Å². The monoisotopic (exact) mass is 434 g/mol. The van der Waals surface area contributed by atoms with Gasteiger partial charge >= 0.3 is 6.18 Å². The molecule has 1 fully saturated rings. The second kappa shape index (κ2) is 8.49. The van der Waals surface area contributed by atoms with Gasteiger partial charge in [0.05, 0.1) is 11.6 Å². The molecular formula is C22H21F3N2O4. The van der Waals surface area contributed by atoms with Crippen LogP contribution in [0.3, 0.4) is 0 Å². The number of likely N-dealkylation sites (tertiary alicyclic amines) is 1. The Morgan fingerprint density at radius 3 is 2.58 bits per heavy atom. The Bertz CT molecular complexity index is 993. The van der Waals surface area contributed by atoms with Gasteiger partial charge in [-0.25, -0.2) is 0 Å². The molecule has 31 heavy (non-hydrogen) atoms. The van der Waals surface area contributed by atoms with E-state index in [1.807, 2.05) is 0 Å². The van der Waals surface area contributed by atoms with Crippen LogP contribution in [0.4, 0.5) is 13.2 Å². The highest BCUT2D eigenvalue weighted by molar-refractivity contribution is 5.95. The highest BCUT2D eigenvalue weighted by Gasteiger charge is 2.32. The molecule has 0 bridgehead atoms. The van der Waals surface area contributed by atoms with Crippen LogP contribution in [0, 0.1) is 0 Å². The van der Waals surface area contributed by atoms with Crippen molar-refractivity contribution in [2.75, 3.05) is 26.3 Å². The maximum absolute atomic E-state index is 13.2. The number of nitrogens with one attached hydrogen (secondary N) is 1. The summed E-state index contributed by atoms with van der Waals surface area (Å²) in [6.07, 6.45) is -3.43. The van der Waals surface area contributed by atoms with E-state index >= 15 is 0 Å². The molecule has 0 saturated carbocycles. The van der Waals surface area contributed by atoms with Crippen LogP contribution in [-0.2, 0) is 11.0 Å². The van der Waals surface area contributed by atoms with Crippen LogP contribution in [-0.4, -0.2) is 43.0 Å². The molecule has 0 aliphatic carbocycles. The van der Waals surface area contributed by atoms with Crippen molar-refractivity contribution in [3.05, 3.63) is 59.2 Å². The average molecular weight is 434 g/mol. The lowest BCUT2D eigenvalue weighted by Crippen LogP contribution is -2.38. The zero-order chi connectivity index (χ0) is 22.0. The number of ether oxygens (including phenoxy) is 2. The number of amides is 2. The zero-order valence-electron chi connectivity index (χ0n) is 16.6. The molecule has 9 heteroatoms. The van der Waals surface area contributed by atoms with E-state index < -0.39 is 23.7 Å². The third-order valence-corrected chi connectivity index (χ3v) is 5.30. The molecule has 0 unspecified atom stereocenters. The predicted molar refractivity (Wildman–Crippen MR) is 105 cm³/mol. The van der Waals surface area contributed by atoms with E-state index in [9.17, 15) is 22.8 Å². The second-order valence-electron chi connectivity index (χ2n) is 7.45. The summed E-state index contributed by atoms with van der Waals surface area (Å²) >= 11 is 0. The van der Waals surface area contributed by atoms with Crippen LogP contribution < -0.4 is 14.8 Å². The standard InChI is InChI=1S/C22H21F3N2O4/c23-22(24,25)16-4-1-3-14(11-16)17(13-27-8-2-5-20(27)28)26-21(29)15-6-7-18-19(12-15)31-10-9-30-18/h1,3-4,6-7,11-12,17H,2,5,8-10,13H2,(H,26,29)/t17-/m0/s1. The van der Waals surface area contributed by atoms with Gasteiger partial charge in [-0.05, 0) is 42.3 Å². The Kier molecular flexibility index (Phi) is 5.75. The maximum Gasteiger partial charge on any atom is 0.416 e. The third-order valence-electron chi connectivity index (χ3n) is 5.30. The lowest BCUT2D eigenvalue weighted by Gasteiger charge is -2.26. The Balaban J connectivity index is 1.60. The molecule has 0 radical (unpaired) electrons. The Morgan fingerprint density at radius 2 is 1.87 bits per heavy atom. The smallest absolute Gasteiger partial charge is 0.416 e. The van der Waals surface area contributed by atoms with Crippen molar-refractivity contribution < 1.29 is 32.2 Å². The van der Waals surface area contributed by atoms with Crippen LogP contribution in [0.1, 0.15) is 40.4 Å². The number of fused-ring (bicyclic) bond motifs is 1. The van der Waals surface area contributed by atoms with Crippen LogP contribution in [0.5, 0.6) is 11.5 Å². The molecule has 2 amide bonds. The summed E-state index contributed by atoms with van der Waals surface area (Å²) in [5.74, 6) is 0.403. The van der Waals surface area contributed by atoms with Crippen LogP contribution in [0.15, 0.2) is 42.5 Å². The number of nitrogens with zero attached hydrogens (tertiary/aromatic N) is 1. The molecule has 2 aliphatic heterocycles. The van der Waals surface area contributed by atoms with Crippen molar-refractivity contribution in [3.8, 4) is 11.5 Å². The van der Waals surface area contributed by atoms with Gasteiger partial charge in [-0.1, -0.05) is 12.1 Å². The van der Waals surface area contributed by atoms with E-state index in [-0.39, 0.29) is 23.6 Å². The fraction of sp³-hybridized carbons (Fsp3) is 0.364. The fourth-order valence-corrected chi connectivity index (χ4v) is 3.71. The molecule has 0 spiro atoms. The summed E-state index contributed by atoms with van der Waals surface area (Å²) in [4.78, 5) is 26.6. The number of carbonyl (C=O) groups is 2. The summed E-state index contributed by atoms with van der Waals surface area (Å²) in [6, 6.07) is 8.72. The average Bonchev–Trinajstić information content (AvgIpc) is 3.16. The lowest BCUT2D eigenvalue weighted by molar-refractivity contribution is -0.137. The van der Waals surface area contributed by atoms with Crippen molar-refractivity contribution in [2.24, 2.45) is 0 Å². The fourth-order valence-electron chi connectivity index (χ4n) is 3.71. The second-order valence-corrected chi connectivity index (χ2v) is 7.45. The van der Waals surface area contributed by atoms with Gasteiger partial charge in [-0.3, -0.25) is 9.59 Å². The third kappa shape index (κ3) is 4.76. The molecule has 1 atom stereocenters. The lowest BCUT2D eigenvalue weighted by atomic mass is 10.0. The first-order valence-electron chi connectivity index (χ1n) is 9.97. The van der Waals surface area contributed by atoms with Gasteiger partial charge in [0, 0.05) is 25.1 Å². The first kappa shape index (κ1) is 21.0. The molecule has 0 aromatic heterocycles. The minimum absolute atomic E-state index is 0.0782. The maximum atomic E-state index is 13.2. The molecule has 2 heterocycles. The first-order chi connectivity index (χ1) is 14.8. The summed E-state index contributed by atoms with van der Waals surface area (Å²) < 4.78 is 50.6. The molecule has 1 saturated heterocycles. The van der Waals surface area contributed by atoms with Gasteiger partial charge in [0.1, 0.15) is 13.2 Å². The van der Waals surface area contributed by atoms with E-state index in [1.165, 1.54) is 18.2 Å². The predicted octanol–water partition coefficient (Wildman–Crippen LogP) is 3.57. The molecule has 4 rings (SSSR count). The Labute approximate surface area is 176 Å². The zero-order valence-corrected chi connectivity index (χ0v) is 16.6. The topological polar surface area (TPSA) is 67.9 Å². The number of carbonyl (C=O) groups excluding carboxylic acids is 2. The van der Waals surface area contributed by atoms with Gasteiger partial charge in [-0.15, -0.1) is 0 Å². The Hall–Kier alpha value is -3.23. The minimum atomic E-state index is -4.51. The van der Waals surface area contributed by atoms with Crippen molar-refractivity contribution in [1.82, 2.24) is 10.2 Å². The number of alkyl halides is 3. The van der Waals surface area contributed by atoms with Crippen molar-refractivity contribution >= 4 is 11.8 Å². The summed E-state index contributed by atoms with van der Waals surface area (Å²) in [5.41, 5.74) is -0.245. The number of benzene rings is 2. The van der Waals surface area contributed by atoms with Gasteiger partial charge in [0.15, 0.2) is 11.5 Å². The summed E-state index contributed by atoms with van der Waals surface area (Å²) in [7, 11) is 0. The van der Waals surface area contributed by atoms with Gasteiger partial charge < -0.3 is 19.7 Å². The van der Waals surface area contributed by atoms with Gasteiger partial charge in [0.25, 0.3) is 5.91 Å². The quantitative estimate of drug-likeness (QED) is 0.782. The largest absolute Gasteiger partial charge is 0.486 e. The summed E-state index contributed by atoms with van der Waals surface area (Å²) in [5, 5.41) is 2.79. The SMILES string of the molecule is O=C(N[C@@H](CN1CCCC1=O)c1cccc(C(F)(F)F)c1)c1ccc2c(c1)OCCO2. The molecule has 2 aromatic rings. The first-order valence-corrected chi connectivity index (χ1v) is 9.97. The number of halogens is 3. The molecule has 2 aromatic carbocycles. The molecule has 164 valence electrons. The van der Waals surface area contributed by atoms with Crippen LogP contribution in [0.25, 0.3) is 0 Å². The number of rotatable bonds is 5. The van der Waals surface area contributed by atoms with Crippen LogP contribution in [0.2, 0.25) is 0 Å². The highest BCUT2D eigenvalue weighted by Crippen LogP contribution is 2.33. The normalized spacial score (nSPS) is 16.9. The van der Waals surface area contributed by atoms with Gasteiger partial charge in [0.2, 0.25) is 5.91 Å². The van der Waals surface area contributed by atoms with E-state index in [0.717, 1.165) is 12.1 Å². The molecule has 2 aliphatic rings. The van der Waals surface area contributed by atoms with Gasteiger partial charge in [-0.2, -0.15) is 13.2 Å². The van der Waals surface area contributed by atoms with Crippen molar-refractivity contribution in [3.63, 3.8) is 0 Å². The van der Waals surface area contributed by atoms with Crippen LogP contribution >= 0.6 is 0 Å². The van der Waals surface area contributed by atoms with E-state index in [1.54, 1.807) is 17.0 Å². The molecule has 6 nitrogen and oxygen atoms in total. The minimum Gasteiger partial charge on any atom is -0.486 e.